The van der Waals surface area contributed by atoms with Gasteiger partial charge < -0.3 is 0 Å². The van der Waals surface area contributed by atoms with Crippen LogP contribution in [0, 0.1) is 0 Å². The molecule has 0 aliphatic heterocycles. The van der Waals surface area contributed by atoms with Crippen molar-refractivity contribution in [3.8, 4) is 11.3 Å². The predicted octanol–water partition coefficient (Wildman–Crippen LogP) is 3.36. The third kappa shape index (κ3) is 1.51. The molecule has 0 amide bonds. The third-order valence-corrected chi connectivity index (χ3v) is 2.91. The number of aromatic nitrogens is 2. The summed E-state index contributed by atoms with van der Waals surface area (Å²) in [6.07, 6.45) is 1.87. The lowest BCUT2D eigenvalue weighted by Gasteiger charge is -1.99. The molecule has 0 radical (unpaired) electrons. The smallest absolute Gasteiger partial charge is 0.0826 e. The molecule has 3 rings (SSSR count). The number of rotatable bonds is 1. The molecule has 2 nitrogen and oxygen atoms in total. The van der Waals surface area contributed by atoms with E-state index in [0.29, 0.717) is 0 Å². The number of pyridine rings is 1. The van der Waals surface area contributed by atoms with E-state index in [1.54, 1.807) is 11.3 Å². The van der Waals surface area contributed by atoms with Crippen molar-refractivity contribution in [2.75, 3.05) is 0 Å². The van der Waals surface area contributed by atoms with Crippen LogP contribution >= 0.6 is 11.3 Å². The molecule has 72 valence electrons. The van der Waals surface area contributed by atoms with Crippen molar-refractivity contribution in [1.29, 1.82) is 0 Å². The molecule has 3 aromatic rings. The summed E-state index contributed by atoms with van der Waals surface area (Å²) in [4.78, 5) is 8.67. The molecule has 0 atom stereocenters. The summed E-state index contributed by atoms with van der Waals surface area (Å²) in [7, 11) is 0. The first-order valence-electron chi connectivity index (χ1n) is 4.67. The van der Waals surface area contributed by atoms with Gasteiger partial charge in [-0.3, -0.25) is 4.98 Å². The molecule has 2 heterocycles. The molecule has 0 aliphatic rings. The van der Waals surface area contributed by atoms with Gasteiger partial charge in [0.05, 0.1) is 16.7 Å². The summed E-state index contributed by atoms with van der Waals surface area (Å²) in [5.41, 5.74) is 4.94. The molecule has 0 saturated heterocycles. The van der Waals surface area contributed by atoms with E-state index in [4.69, 9.17) is 0 Å². The molecule has 3 heteroatoms. The normalized spacial score (nSPS) is 10.7. The zero-order valence-corrected chi connectivity index (χ0v) is 8.74. The van der Waals surface area contributed by atoms with E-state index < -0.39 is 0 Å². The maximum Gasteiger partial charge on any atom is 0.0826 e. The fourth-order valence-corrected chi connectivity index (χ4v) is 2.13. The van der Waals surface area contributed by atoms with Crippen LogP contribution in [0.15, 0.2) is 47.4 Å². The van der Waals surface area contributed by atoms with Crippen molar-refractivity contribution in [2.45, 2.75) is 0 Å². The Morgan fingerprint density at radius 3 is 2.87 bits per heavy atom. The van der Waals surface area contributed by atoms with Gasteiger partial charge in [-0.25, -0.2) is 4.98 Å². The van der Waals surface area contributed by atoms with Crippen LogP contribution in [-0.2, 0) is 0 Å². The molecule has 1 aromatic carbocycles. The lowest BCUT2D eigenvalue weighted by molar-refractivity contribution is 1.36. The zero-order valence-electron chi connectivity index (χ0n) is 7.92. The summed E-state index contributed by atoms with van der Waals surface area (Å²) in [5.74, 6) is 0. The zero-order chi connectivity index (χ0) is 10.1. The van der Waals surface area contributed by atoms with Crippen LogP contribution in [-0.4, -0.2) is 9.97 Å². The van der Waals surface area contributed by atoms with Crippen LogP contribution in [0.3, 0.4) is 0 Å². The largest absolute Gasteiger partial charge is 0.256 e. The average molecular weight is 212 g/mol. The van der Waals surface area contributed by atoms with Gasteiger partial charge >= 0.3 is 0 Å². The Morgan fingerprint density at radius 2 is 2.00 bits per heavy atom. The topological polar surface area (TPSA) is 25.8 Å². The Bertz CT molecular complexity index is 587. The van der Waals surface area contributed by atoms with Gasteiger partial charge in [0.25, 0.3) is 0 Å². The molecule has 0 bridgehead atoms. The van der Waals surface area contributed by atoms with Gasteiger partial charge in [0, 0.05) is 22.5 Å². The predicted molar refractivity (Wildman–Crippen MR) is 62.9 cm³/mol. The van der Waals surface area contributed by atoms with Crippen molar-refractivity contribution in [3.05, 3.63) is 47.4 Å². The Labute approximate surface area is 91.2 Å². The van der Waals surface area contributed by atoms with Crippen LogP contribution in [0.5, 0.6) is 0 Å². The van der Waals surface area contributed by atoms with Gasteiger partial charge in [0.15, 0.2) is 0 Å². The second-order valence-corrected chi connectivity index (χ2v) is 4.01. The maximum absolute atomic E-state index is 4.40. The molecule has 15 heavy (non-hydrogen) atoms. The van der Waals surface area contributed by atoms with Gasteiger partial charge in [-0.05, 0) is 12.1 Å². The van der Waals surface area contributed by atoms with Gasteiger partial charge in [-0.1, -0.05) is 18.2 Å². The Balaban J connectivity index is 2.22. The van der Waals surface area contributed by atoms with Crippen molar-refractivity contribution >= 4 is 22.2 Å². The van der Waals surface area contributed by atoms with Crippen molar-refractivity contribution < 1.29 is 0 Å². The molecule has 0 saturated carbocycles. The van der Waals surface area contributed by atoms with E-state index in [0.717, 1.165) is 22.2 Å². The Morgan fingerprint density at radius 1 is 1.07 bits per heavy atom. The fraction of sp³-hybridized carbons (Fsp3) is 0. The average Bonchev–Trinajstić information content (AvgIpc) is 2.82. The van der Waals surface area contributed by atoms with E-state index in [1.807, 2.05) is 35.3 Å². The molecule has 0 fully saturated rings. The highest BCUT2D eigenvalue weighted by Crippen LogP contribution is 2.21. The van der Waals surface area contributed by atoms with Gasteiger partial charge in [0.2, 0.25) is 0 Å². The quantitative estimate of drug-likeness (QED) is 0.618. The van der Waals surface area contributed by atoms with E-state index in [-0.39, 0.29) is 0 Å². The molecule has 0 unspecified atom stereocenters. The van der Waals surface area contributed by atoms with Gasteiger partial charge in [-0.2, -0.15) is 0 Å². The van der Waals surface area contributed by atoms with Crippen LogP contribution in [0.1, 0.15) is 0 Å². The van der Waals surface area contributed by atoms with Crippen LogP contribution < -0.4 is 0 Å². The number of thiazole rings is 1. The lowest BCUT2D eigenvalue weighted by atomic mass is 10.1. The van der Waals surface area contributed by atoms with E-state index in [2.05, 4.69) is 22.1 Å². The molecular formula is C12H8N2S. The summed E-state index contributed by atoms with van der Waals surface area (Å²) in [6, 6.07) is 10.2. The van der Waals surface area contributed by atoms with Crippen LogP contribution in [0.2, 0.25) is 0 Å². The monoisotopic (exact) mass is 212 g/mol. The highest BCUT2D eigenvalue weighted by Gasteiger charge is 2.01. The molecule has 2 aromatic heterocycles. The highest BCUT2D eigenvalue weighted by atomic mass is 32.1. The fourth-order valence-electron chi connectivity index (χ4n) is 1.57. The molecule has 0 aliphatic carbocycles. The third-order valence-electron chi connectivity index (χ3n) is 2.32. The van der Waals surface area contributed by atoms with Crippen molar-refractivity contribution in [1.82, 2.24) is 9.97 Å². The minimum atomic E-state index is 0.998. The number of hydrogen-bond acceptors (Lipinski definition) is 3. The molecular weight excluding hydrogens is 204 g/mol. The van der Waals surface area contributed by atoms with Crippen LogP contribution in [0.4, 0.5) is 0 Å². The number of nitrogens with zero attached hydrogens (tertiary/aromatic N) is 2. The highest BCUT2D eigenvalue weighted by molar-refractivity contribution is 7.07. The van der Waals surface area contributed by atoms with Crippen LogP contribution in [0.25, 0.3) is 22.2 Å². The lowest BCUT2D eigenvalue weighted by Crippen LogP contribution is -1.82. The second-order valence-electron chi connectivity index (χ2n) is 3.29. The summed E-state index contributed by atoms with van der Waals surface area (Å²) >= 11 is 1.60. The summed E-state index contributed by atoms with van der Waals surface area (Å²) < 4.78 is 0. The first kappa shape index (κ1) is 8.56. The number of benzene rings is 1. The minimum Gasteiger partial charge on any atom is -0.256 e. The number of hydrogen-bond donors (Lipinski definition) is 0. The Hall–Kier alpha value is -1.74. The minimum absolute atomic E-state index is 0.998. The van der Waals surface area contributed by atoms with Crippen molar-refractivity contribution in [3.63, 3.8) is 0 Å². The SMILES string of the molecule is c1ccc2ncc(-c3cscn3)cc2c1. The standard InChI is InChI=1S/C12H8N2S/c1-2-4-11-9(3-1)5-10(6-13-11)12-7-15-8-14-12/h1-8H. The first-order chi connectivity index (χ1) is 7.43. The van der Waals surface area contributed by atoms with E-state index in [1.165, 1.54) is 0 Å². The first-order valence-corrected chi connectivity index (χ1v) is 5.61. The van der Waals surface area contributed by atoms with Crippen molar-refractivity contribution in [2.24, 2.45) is 0 Å². The number of fused-ring (bicyclic) bond motifs is 1. The molecule has 0 N–H and O–H groups in total. The van der Waals surface area contributed by atoms with Gasteiger partial charge in [0.1, 0.15) is 0 Å². The number of para-hydroxylation sites is 1. The Kier molecular flexibility index (Phi) is 1.96. The second kappa shape index (κ2) is 3.44. The van der Waals surface area contributed by atoms with Gasteiger partial charge in [-0.15, -0.1) is 11.3 Å². The maximum atomic E-state index is 4.40. The summed E-state index contributed by atoms with van der Waals surface area (Å²) in [6.45, 7) is 0. The molecule has 0 spiro atoms. The van der Waals surface area contributed by atoms with E-state index >= 15 is 0 Å². The summed E-state index contributed by atoms with van der Waals surface area (Å²) in [5, 5.41) is 3.19. The van der Waals surface area contributed by atoms with E-state index in [9.17, 15) is 0 Å².